The lowest BCUT2D eigenvalue weighted by Crippen LogP contribution is -2.20. The summed E-state index contributed by atoms with van der Waals surface area (Å²) in [6.45, 7) is 4.29. The van der Waals surface area contributed by atoms with Crippen molar-refractivity contribution in [2.75, 3.05) is 17.2 Å². The molecule has 6 nitrogen and oxygen atoms in total. The molecule has 1 fully saturated rings. The number of benzene rings is 2. The van der Waals surface area contributed by atoms with Crippen molar-refractivity contribution >= 4 is 51.6 Å². The van der Waals surface area contributed by atoms with Crippen molar-refractivity contribution in [3.63, 3.8) is 0 Å². The van der Waals surface area contributed by atoms with Crippen LogP contribution in [-0.2, 0) is 27.2 Å². The first-order valence-corrected chi connectivity index (χ1v) is 14.9. The number of rotatable bonds is 9. The number of hydrogen-bond acceptors (Lipinski definition) is 6. The van der Waals surface area contributed by atoms with Gasteiger partial charge in [-0.3, -0.25) is 9.59 Å². The molecule has 2 aliphatic rings. The highest BCUT2D eigenvalue weighted by molar-refractivity contribution is 8.00. The highest BCUT2D eigenvalue weighted by Gasteiger charge is 2.32. The number of carbonyl (C=O) groups is 3. The summed E-state index contributed by atoms with van der Waals surface area (Å²) in [7, 11) is 0. The van der Waals surface area contributed by atoms with Crippen LogP contribution < -0.4 is 10.6 Å². The first kappa shape index (κ1) is 26.5. The summed E-state index contributed by atoms with van der Waals surface area (Å²) >= 11 is 2.91. The van der Waals surface area contributed by atoms with Crippen molar-refractivity contribution in [3.8, 4) is 0 Å². The average Bonchev–Trinajstić information content (AvgIpc) is 3.70. The molecule has 2 atom stereocenters. The first-order valence-electron chi connectivity index (χ1n) is 13.2. The van der Waals surface area contributed by atoms with E-state index in [1.807, 2.05) is 54.6 Å². The van der Waals surface area contributed by atoms with Gasteiger partial charge in [0.25, 0.3) is 0 Å². The molecule has 1 saturated carbocycles. The standard InChI is InChI=1S/C30H32N2O4S2/c1-3-36-30(35)25-23-15-12-18(2)16-24(23)38-29(25)32-28(34)26(19-8-5-4-6-9-19)37-22-11-7-10-21(17-22)31-27(33)20-13-14-20/h4-11,17-18,20,26H,3,12-16H2,1-2H3,(H,31,33)(H,32,34). The molecule has 2 aliphatic carbocycles. The van der Waals surface area contributed by atoms with Gasteiger partial charge in [0.1, 0.15) is 10.3 Å². The Morgan fingerprint density at radius 1 is 1.05 bits per heavy atom. The molecule has 198 valence electrons. The Bertz CT molecular complexity index is 1330. The quantitative estimate of drug-likeness (QED) is 0.225. The van der Waals surface area contributed by atoms with Crippen LogP contribution in [0.25, 0.3) is 0 Å². The van der Waals surface area contributed by atoms with E-state index in [9.17, 15) is 14.4 Å². The third-order valence-electron chi connectivity index (χ3n) is 6.87. The summed E-state index contributed by atoms with van der Waals surface area (Å²) in [6, 6.07) is 17.2. The second-order valence-corrected chi connectivity index (χ2v) is 12.2. The minimum atomic E-state index is -0.557. The van der Waals surface area contributed by atoms with Crippen molar-refractivity contribution in [2.24, 2.45) is 11.8 Å². The molecule has 2 N–H and O–H groups in total. The topological polar surface area (TPSA) is 84.5 Å². The third-order valence-corrected chi connectivity index (χ3v) is 9.29. The van der Waals surface area contributed by atoms with E-state index < -0.39 is 5.25 Å². The zero-order chi connectivity index (χ0) is 26.6. The van der Waals surface area contributed by atoms with Crippen LogP contribution in [0.3, 0.4) is 0 Å². The van der Waals surface area contributed by atoms with Crippen LogP contribution in [0, 0.1) is 11.8 Å². The SMILES string of the molecule is CCOC(=O)c1c(NC(=O)C(Sc2cccc(NC(=O)C3CC3)c2)c2ccccc2)sc2c1CCC(C)C2. The largest absolute Gasteiger partial charge is 0.462 e. The summed E-state index contributed by atoms with van der Waals surface area (Å²) < 4.78 is 5.38. The second kappa shape index (κ2) is 11.7. The maximum Gasteiger partial charge on any atom is 0.341 e. The lowest BCUT2D eigenvalue weighted by Gasteiger charge is -2.19. The summed E-state index contributed by atoms with van der Waals surface area (Å²) in [5.74, 6) is 0.123. The molecular weight excluding hydrogens is 516 g/mol. The van der Waals surface area contributed by atoms with Crippen molar-refractivity contribution < 1.29 is 19.1 Å². The molecule has 0 saturated heterocycles. The van der Waals surface area contributed by atoms with Gasteiger partial charge < -0.3 is 15.4 Å². The minimum Gasteiger partial charge on any atom is -0.462 e. The van der Waals surface area contributed by atoms with Crippen molar-refractivity contribution in [2.45, 2.75) is 56.1 Å². The van der Waals surface area contributed by atoms with Crippen LogP contribution in [-0.4, -0.2) is 24.4 Å². The molecule has 2 amide bonds. The van der Waals surface area contributed by atoms with Gasteiger partial charge in [0.2, 0.25) is 11.8 Å². The van der Waals surface area contributed by atoms with Crippen LogP contribution in [0.1, 0.15) is 64.7 Å². The van der Waals surface area contributed by atoms with Gasteiger partial charge in [0, 0.05) is 21.4 Å². The molecule has 1 aromatic heterocycles. The Morgan fingerprint density at radius 3 is 2.58 bits per heavy atom. The number of hydrogen-bond donors (Lipinski definition) is 2. The predicted molar refractivity (Wildman–Crippen MR) is 153 cm³/mol. The minimum absolute atomic E-state index is 0.0481. The Balaban J connectivity index is 1.42. The van der Waals surface area contributed by atoms with E-state index in [2.05, 4.69) is 17.6 Å². The number of fused-ring (bicyclic) bond motifs is 1. The molecule has 1 heterocycles. The molecule has 0 aliphatic heterocycles. The molecule has 0 spiro atoms. The fourth-order valence-electron chi connectivity index (χ4n) is 4.71. The normalized spacial score (nSPS) is 17.3. The maximum absolute atomic E-state index is 13.8. The number of nitrogens with one attached hydrogen (secondary N) is 2. The van der Waals surface area contributed by atoms with Gasteiger partial charge in [0.15, 0.2) is 0 Å². The predicted octanol–water partition coefficient (Wildman–Crippen LogP) is 6.87. The summed E-state index contributed by atoms with van der Waals surface area (Å²) in [5.41, 5.74) is 3.11. The number of ether oxygens (including phenoxy) is 1. The zero-order valence-electron chi connectivity index (χ0n) is 21.6. The summed E-state index contributed by atoms with van der Waals surface area (Å²) in [5, 5.41) is 6.10. The van der Waals surface area contributed by atoms with Gasteiger partial charge in [-0.15, -0.1) is 23.1 Å². The van der Waals surface area contributed by atoms with E-state index >= 15 is 0 Å². The Labute approximate surface area is 231 Å². The summed E-state index contributed by atoms with van der Waals surface area (Å²) in [6.07, 6.45) is 4.61. The van der Waals surface area contributed by atoms with Crippen LogP contribution in [0.4, 0.5) is 10.7 Å². The van der Waals surface area contributed by atoms with E-state index in [-0.39, 0.29) is 30.3 Å². The molecule has 5 rings (SSSR count). The Kier molecular flexibility index (Phi) is 8.19. The van der Waals surface area contributed by atoms with E-state index in [0.717, 1.165) is 58.7 Å². The number of carbonyl (C=O) groups excluding carboxylic acids is 3. The van der Waals surface area contributed by atoms with E-state index in [0.29, 0.717) is 16.5 Å². The summed E-state index contributed by atoms with van der Waals surface area (Å²) in [4.78, 5) is 41.1. The fourth-order valence-corrected chi connectivity index (χ4v) is 7.19. The Hall–Kier alpha value is -3.10. The number of thioether (sulfide) groups is 1. The molecule has 8 heteroatoms. The van der Waals surface area contributed by atoms with E-state index in [1.165, 1.54) is 23.1 Å². The van der Waals surface area contributed by atoms with Crippen LogP contribution >= 0.6 is 23.1 Å². The van der Waals surface area contributed by atoms with E-state index in [4.69, 9.17) is 4.74 Å². The molecule has 3 aromatic rings. The third kappa shape index (κ3) is 6.13. The molecule has 2 unspecified atom stereocenters. The van der Waals surface area contributed by atoms with Crippen LogP contribution in [0.15, 0.2) is 59.5 Å². The highest BCUT2D eigenvalue weighted by Crippen LogP contribution is 2.42. The second-order valence-electron chi connectivity index (χ2n) is 9.97. The average molecular weight is 549 g/mol. The smallest absolute Gasteiger partial charge is 0.341 e. The lowest BCUT2D eigenvalue weighted by atomic mass is 9.88. The number of amides is 2. The van der Waals surface area contributed by atoms with Gasteiger partial charge in [-0.25, -0.2) is 4.79 Å². The lowest BCUT2D eigenvalue weighted by molar-refractivity contribution is -0.117. The maximum atomic E-state index is 13.8. The van der Waals surface area contributed by atoms with Gasteiger partial charge >= 0.3 is 5.97 Å². The van der Waals surface area contributed by atoms with Gasteiger partial charge in [-0.05, 0) is 74.3 Å². The molecular formula is C30H32N2O4S2. The van der Waals surface area contributed by atoms with Gasteiger partial charge in [0.05, 0.1) is 12.2 Å². The monoisotopic (exact) mass is 548 g/mol. The van der Waals surface area contributed by atoms with Gasteiger partial charge in [-0.2, -0.15) is 0 Å². The van der Waals surface area contributed by atoms with Crippen LogP contribution in [0.5, 0.6) is 0 Å². The van der Waals surface area contributed by atoms with Crippen molar-refractivity contribution in [1.29, 1.82) is 0 Å². The van der Waals surface area contributed by atoms with Gasteiger partial charge in [-0.1, -0.05) is 43.3 Å². The molecule has 38 heavy (non-hydrogen) atoms. The molecule has 0 bridgehead atoms. The fraction of sp³-hybridized carbons (Fsp3) is 0.367. The number of thiophene rings is 1. The van der Waals surface area contributed by atoms with E-state index in [1.54, 1.807) is 6.92 Å². The van der Waals surface area contributed by atoms with Crippen molar-refractivity contribution in [1.82, 2.24) is 0 Å². The first-order chi connectivity index (χ1) is 18.4. The van der Waals surface area contributed by atoms with Crippen molar-refractivity contribution in [3.05, 3.63) is 76.2 Å². The zero-order valence-corrected chi connectivity index (χ0v) is 23.3. The number of anilines is 2. The highest BCUT2D eigenvalue weighted by atomic mass is 32.2. The Morgan fingerprint density at radius 2 is 1.84 bits per heavy atom. The van der Waals surface area contributed by atoms with Crippen LogP contribution in [0.2, 0.25) is 0 Å². The molecule has 0 radical (unpaired) electrons. The number of esters is 1. The molecule has 2 aromatic carbocycles.